The van der Waals surface area contributed by atoms with Gasteiger partial charge in [-0.05, 0) is 49.9 Å². The number of piperidine rings is 1. The summed E-state index contributed by atoms with van der Waals surface area (Å²) < 4.78 is 13.2. The highest BCUT2D eigenvalue weighted by molar-refractivity contribution is 5.80. The molecular weight excluding hydrogens is 309 g/mol. The molecule has 0 bridgehead atoms. The van der Waals surface area contributed by atoms with E-state index in [9.17, 15) is 14.0 Å². The lowest BCUT2D eigenvalue weighted by Gasteiger charge is -2.38. The quantitative estimate of drug-likeness (QED) is 0.903. The van der Waals surface area contributed by atoms with Gasteiger partial charge in [0.25, 0.3) is 0 Å². The Hall–Kier alpha value is -1.95. The monoisotopic (exact) mass is 333 g/mol. The van der Waals surface area contributed by atoms with Crippen LogP contribution in [-0.4, -0.2) is 53.3 Å². The maximum atomic E-state index is 13.2. The van der Waals surface area contributed by atoms with Gasteiger partial charge in [0.1, 0.15) is 5.82 Å². The van der Waals surface area contributed by atoms with Gasteiger partial charge in [0.15, 0.2) is 0 Å². The average molecular weight is 333 g/mol. The minimum Gasteiger partial charge on any atom is -0.368 e. The van der Waals surface area contributed by atoms with Gasteiger partial charge in [0, 0.05) is 19.1 Å². The molecule has 2 aliphatic rings. The minimum atomic E-state index is -0.314. The molecule has 0 saturated carbocycles. The van der Waals surface area contributed by atoms with E-state index < -0.39 is 0 Å². The molecule has 2 amide bonds. The van der Waals surface area contributed by atoms with E-state index in [1.54, 1.807) is 12.1 Å². The van der Waals surface area contributed by atoms with Crippen molar-refractivity contribution in [1.29, 1.82) is 0 Å². The molecule has 2 aliphatic heterocycles. The Bertz CT molecular complexity index is 614. The first kappa shape index (κ1) is 16.9. The summed E-state index contributed by atoms with van der Waals surface area (Å²) in [4.78, 5) is 28.0. The Balaban J connectivity index is 1.53. The predicted molar refractivity (Wildman–Crippen MR) is 88.6 cm³/mol. The SMILES string of the molecule is NC(=O)[C@H]1CCCN1C1CCN(C(=O)Cc2cccc(F)c2)CC1. The zero-order chi connectivity index (χ0) is 17.1. The predicted octanol–water partition coefficient (Wildman–Crippen LogP) is 1.31. The smallest absolute Gasteiger partial charge is 0.234 e. The standard InChI is InChI=1S/C18H24FN3O2/c19-14-4-1-3-13(11-14)12-17(23)21-9-6-15(7-10-21)22-8-2-5-16(22)18(20)24/h1,3-4,11,15-16H,2,5-10,12H2,(H2,20,24)/t16-/m1/s1. The van der Waals surface area contributed by atoms with Crippen LogP contribution in [0.5, 0.6) is 0 Å². The van der Waals surface area contributed by atoms with E-state index in [0.717, 1.165) is 32.2 Å². The second-order valence-electron chi connectivity index (χ2n) is 6.72. The number of benzene rings is 1. The van der Waals surface area contributed by atoms with Gasteiger partial charge in [-0.15, -0.1) is 0 Å². The third kappa shape index (κ3) is 3.75. The zero-order valence-corrected chi connectivity index (χ0v) is 13.8. The van der Waals surface area contributed by atoms with Crippen molar-refractivity contribution in [3.63, 3.8) is 0 Å². The van der Waals surface area contributed by atoms with Crippen LogP contribution in [0.25, 0.3) is 0 Å². The summed E-state index contributed by atoms with van der Waals surface area (Å²) in [6.07, 6.45) is 3.80. The van der Waals surface area contributed by atoms with Crippen LogP contribution in [0, 0.1) is 5.82 Å². The number of carbonyl (C=O) groups is 2. The van der Waals surface area contributed by atoms with E-state index in [0.29, 0.717) is 24.7 Å². The van der Waals surface area contributed by atoms with Gasteiger partial charge in [-0.2, -0.15) is 0 Å². The third-order valence-corrected chi connectivity index (χ3v) is 5.15. The van der Waals surface area contributed by atoms with Gasteiger partial charge >= 0.3 is 0 Å². The molecule has 24 heavy (non-hydrogen) atoms. The molecule has 1 atom stereocenters. The number of primary amides is 1. The number of carbonyl (C=O) groups excluding carboxylic acids is 2. The summed E-state index contributed by atoms with van der Waals surface area (Å²) in [5.41, 5.74) is 6.20. The number of hydrogen-bond acceptors (Lipinski definition) is 3. The molecule has 2 fully saturated rings. The van der Waals surface area contributed by atoms with Gasteiger partial charge in [0.2, 0.25) is 11.8 Å². The van der Waals surface area contributed by atoms with Gasteiger partial charge in [0.05, 0.1) is 12.5 Å². The fraction of sp³-hybridized carbons (Fsp3) is 0.556. The van der Waals surface area contributed by atoms with Crippen molar-refractivity contribution in [2.75, 3.05) is 19.6 Å². The summed E-state index contributed by atoms with van der Waals surface area (Å²) in [7, 11) is 0. The lowest BCUT2D eigenvalue weighted by molar-refractivity contribution is -0.133. The highest BCUT2D eigenvalue weighted by atomic mass is 19.1. The maximum absolute atomic E-state index is 13.2. The lowest BCUT2D eigenvalue weighted by atomic mass is 10.0. The van der Waals surface area contributed by atoms with E-state index in [-0.39, 0.29) is 30.1 Å². The van der Waals surface area contributed by atoms with Gasteiger partial charge in [-0.25, -0.2) is 4.39 Å². The number of amides is 2. The number of likely N-dealkylation sites (tertiary alicyclic amines) is 2. The fourth-order valence-corrected chi connectivity index (χ4v) is 3.91. The highest BCUT2D eigenvalue weighted by Crippen LogP contribution is 2.26. The number of nitrogens with two attached hydrogens (primary N) is 1. The number of hydrogen-bond donors (Lipinski definition) is 1. The summed E-state index contributed by atoms with van der Waals surface area (Å²) in [5.74, 6) is -0.519. The molecule has 0 aliphatic carbocycles. The lowest BCUT2D eigenvalue weighted by Crippen LogP contribution is -2.51. The Morgan fingerprint density at radius 2 is 1.92 bits per heavy atom. The van der Waals surface area contributed by atoms with E-state index in [4.69, 9.17) is 5.73 Å². The molecule has 2 heterocycles. The Morgan fingerprint density at radius 3 is 2.58 bits per heavy atom. The van der Waals surface area contributed by atoms with E-state index in [2.05, 4.69) is 4.90 Å². The number of halogens is 1. The molecule has 6 heteroatoms. The number of nitrogens with zero attached hydrogens (tertiary/aromatic N) is 2. The average Bonchev–Trinajstić information content (AvgIpc) is 3.05. The molecule has 0 radical (unpaired) electrons. The van der Waals surface area contributed by atoms with E-state index >= 15 is 0 Å². The molecule has 2 N–H and O–H groups in total. The summed E-state index contributed by atoms with van der Waals surface area (Å²) in [5, 5.41) is 0. The molecule has 5 nitrogen and oxygen atoms in total. The normalized spacial score (nSPS) is 22.7. The zero-order valence-electron chi connectivity index (χ0n) is 13.8. The Morgan fingerprint density at radius 1 is 1.17 bits per heavy atom. The van der Waals surface area contributed by atoms with Crippen molar-refractivity contribution < 1.29 is 14.0 Å². The second-order valence-corrected chi connectivity index (χ2v) is 6.72. The van der Waals surface area contributed by atoms with Gasteiger partial charge in [-0.3, -0.25) is 14.5 Å². The summed E-state index contributed by atoms with van der Waals surface area (Å²) in [6.45, 7) is 2.27. The molecule has 2 saturated heterocycles. The Kier molecular flexibility index (Phi) is 5.14. The first-order chi connectivity index (χ1) is 11.5. The molecule has 1 aromatic rings. The van der Waals surface area contributed by atoms with Crippen molar-refractivity contribution >= 4 is 11.8 Å². The van der Waals surface area contributed by atoms with E-state index in [1.165, 1.54) is 12.1 Å². The van der Waals surface area contributed by atoms with Gasteiger partial charge in [-0.1, -0.05) is 12.1 Å². The third-order valence-electron chi connectivity index (χ3n) is 5.15. The van der Waals surface area contributed by atoms with Crippen molar-refractivity contribution in [3.05, 3.63) is 35.6 Å². The van der Waals surface area contributed by atoms with Crippen LogP contribution in [0.1, 0.15) is 31.2 Å². The summed E-state index contributed by atoms with van der Waals surface area (Å²) in [6, 6.07) is 6.36. The maximum Gasteiger partial charge on any atom is 0.234 e. The van der Waals surface area contributed by atoms with Crippen molar-refractivity contribution in [1.82, 2.24) is 9.80 Å². The molecule has 0 spiro atoms. The molecule has 3 rings (SSSR count). The van der Waals surface area contributed by atoms with Crippen LogP contribution in [-0.2, 0) is 16.0 Å². The highest BCUT2D eigenvalue weighted by Gasteiger charge is 2.36. The van der Waals surface area contributed by atoms with Crippen molar-refractivity contribution in [2.45, 2.75) is 44.2 Å². The van der Waals surface area contributed by atoms with E-state index in [1.807, 2.05) is 4.90 Å². The first-order valence-corrected chi connectivity index (χ1v) is 8.62. The minimum absolute atomic E-state index is 0.0342. The number of rotatable bonds is 4. The molecule has 0 aromatic heterocycles. The summed E-state index contributed by atoms with van der Waals surface area (Å²) >= 11 is 0. The van der Waals surface area contributed by atoms with Crippen LogP contribution in [0.15, 0.2) is 24.3 Å². The topological polar surface area (TPSA) is 66.6 Å². The van der Waals surface area contributed by atoms with Gasteiger partial charge < -0.3 is 10.6 Å². The molecule has 130 valence electrons. The largest absolute Gasteiger partial charge is 0.368 e. The van der Waals surface area contributed by atoms with Crippen LogP contribution in [0.3, 0.4) is 0 Å². The molecule has 0 unspecified atom stereocenters. The second kappa shape index (κ2) is 7.30. The first-order valence-electron chi connectivity index (χ1n) is 8.62. The van der Waals surface area contributed by atoms with Crippen LogP contribution in [0.4, 0.5) is 4.39 Å². The van der Waals surface area contributed by atoms with Crippen LogP contribution < -0.4 is 5.73 Å². The van der Waals surface area contributed by atoms with Crippen molar-refractivity contribution in [2.24, 2.45) is 5.73 Å². The molecular formula is C18H24FN3O2. The molecule has 1 aromatic carbocycles. The fourth-order valence-electron chi connectivity index (χ4n) is 3.91. The van der Waals surface area contributed by atoms with Crippen LogP contribution >= 0.6 is 0 Å². The Labute approximate surface area is 141 Å². The van der Waals surface area contributed by atoms with Crippen molar-refractivity contribution in [3.8, 4) is 0 Å². The van der Waals surface area contributed by atoms with Crippen LogP contribution in [0.2, 0.25) is 0 Å².